The topological polar surface area (TPSA) is 79.7 Å². The molecule has 0 bridgehead atoms. The van der Waals surface area contributed by atoms with Gasteiger partial charge in [-0.25, -0.2) is 4.98 Å². The number of hydrogen-bond acceptors (Lipinski definition) is 6. The number of aromatic nitrogens is 2. The van der Waals surface area contributed by atoms with Crippen molar-refractivity contribution in [3.05, 3.63) is 30.1 Å². The minimum absolute atomic E-state index is 0.0701. The van der Waals surface area contributed by atoms with Gasteiger partial charge in [0.15, 0.2) is 0 Å². The zero-order valence-electron chi connectivity index (χ0n) is 16.0. The Bertz CT molecular complexity index is 796. The van der Waals surface area contributed by atoms with Crippen LogP contribution in [-0.2, 0) is 27.9 Å². The van der Waals surface area contributed by atoms with Crippen molar-refractivity contribution in [2.24, 2.45) is 7.05 Å². The molecule has 0 atom stereocenters. The van der Waals surface area contributed by atoms with Gasteiger partial charge in [0.2, 0.25) is 5.91 Å². The number of esters is 1. The maximum absolute atomic E-state index is 11.9. The number of benzene rings is 1. The quantitative estimate of drug-likeness (QED) is 0.707. The average Bonchev–Trinajstić information content (AvgIpc) is 2.98. The summed E-state index contributed by atoms with van der Waals surface area (Å²) in [5.41, 5.74) is 2.16. The van der Waals surface area contributed by atoms with Crippen LogP contribution in [0.4, 0.5) is 0 Å². The summed E-state index contributed by atoms with van der Waals surface area (Å²) in [5.74, 6) is 0.502. The predicted octanol–water partition coefficient (Wildman–Crippen LogP) is 0.370. The summed E-state index contributed by atoms with van der Waals surface area (Å²) in [5, 5.41) is 2.61. The van der Waals surface area contributed by atoms with E-state index in [1.807, 2.05) is 18.2 Å². The third-order valence-corrected chi connectivity index (χ3v) is 4.81. The Labute approximate surface area is 159 Å². The Kier molecular flexibility index (Phi) is 6.41. The third kappa shape index (κ3) is 5.05. The number of fused-ring (bicyclic) bond motifs is 1. The van der Waals surface area contributed by atoms with E-state index in [1.165, 1.54) is 0 Å². The van der Waals surface area contributed by atoms with Crippen LogP contribution in [0.3, 0.4) is 0 Å². The van der Waals surface area contributed by atoms with Gasteiger partial charge in [0, 0.05) is 33.2 Å². The van der Waals surface area contributed by atoms with Crippen molar-refractivity contribution in [1.82, 2.24) is 24.7 Å². The summed E-state index contributed by atoms with van der Waals surface area (Å²) in [6.45, 7) is 6.50. The van der Waals surface area contributed by atoms with E-state index < -0.39 is 5.97 Å². The molecule has 1 saturated heterocycles. The number of imidazole rings is 1. The van der Waals surface area contributed by atoms with Crippen molar-refractivity contribution in [2.45, 2.75) is 13.5 Å². The van der Waals surface area contributed by atoms with Gasteiger partial charge in [-0.2, -0.15) is 0 Å². The highest BCUT2D eigenvalue weighted by Gasteiger charge is 2.21. The van der Waals surface area contributed by atoms with Gasteiger partial charge in [-0.3, -0.25) is 19.4 Å². The number of ether oxygens (including phenoxy) is 1. The van der Waals surface area contributed by atoms with Gasteiger partial charge in [0.25, 0.3) is 0 Å². The van der Waals surface area contributed by atoms with Crippen LogP contribution in [0.25, 0.3) is 11.0 Å². The normalized spacial score (nSPS) is 15.8. The lowest BCUT2D eigenvalue weighted by molar-refractivity contribution is -0.143. The number of aryl methyl sites for hydroxylation is 1. The monoisotopic (exact) mass is 373 g/mol. The van der Waals surface area contributed by atoms with Crippen molar-refractivity contribution in [2.75, 3.05) is 45.9 Å². The fraction of sp³-hybridized carbons (Fsp3) is 0.526. The maximum Gasteiger partial charge on any atom is 0.325 e. The maximum atomic E-state index is 11.9. The SMILES string of the molecule is CCOC(=O)CNC(=O)CN1CCN(Cc2nc3ccccc3n2C)CC1. The first-order chi connectivity index (χ1) is 13.1. The molecule has 0 spiro atoms. The smallest absolute Gasteiger partial charge is 0.325 e. The summed E-state index contributed by atoms with van der Waals surface area (Å²) < 4.78 is 6.95. The van der Waals surface area contributed by atoms with E-state index in [4.69, 9.17) is 9.72 Å². The van der Waals surface area contributed by atoms with Crippen LogP contribution < -0.4 is 5.32 Å². The van der Waals surface area contributed by atoms with Gasteiger partial charge in [-0.15, -0.1) is 0 Å². The van der Waals surface area contributed by atoms with Crippen LogP contribution in [0, 0.1) is 0 Å². The highest BCUT2D eigenvalue weighted by atomic mass is 16.5. The molecule has 1 aromatic carbocycles. The fourth-order valence-electron chi connectivity index (χ4n) is 3.28. The highest BCUT2D eigenvalue weighted by Crippen LogP contribution is 2.16. The molecule has 1 N–H and O–H groups in total. The summed E-state index contributed by atoms with van der Waals surface area (Å²) in [7, 11) is 2.05. The Hall–Kier alpha value is -2.45. The minimum Gasteiger partial charge on any atom is -0.465 e. The van der Waals surface area contributed by atoms with Crippen LogP contribution in [0.15, 0.2) is 24.3 Å². The lowest BCUT2D eigenvalue weighted by Gasteiger charge is -2.33. The molecule has 3 rings (SSSR count). The van der Waals surface area contributed by atoms with Crippen LogP contribution in [0.1, 0.15) is 12.7 Å². The molecule has 1 aliphatic rings. The molecule has 8 nitrogen and oxygen atoms in total. The van der Waals surface area contributed by atoms with Gasteiger partial charge in [0.05, 0.1) is 30.7 Å². The lowest BCUT2D eigenvalue weighted by Crippen LogP contribution is -2.49. The van der Waals surface area contributed by atoms with E-state index in [9.17, 15) is 9.59 Å². The van der Waals surface area contributed by atoms with Gasteiger partial charge >= 0.3 is 5.97 Å². The number of carbonyl (C=O) groups excluding carboxylic acids is 2. The average molecular weight is 373 g/mol. The van der Waals surface area contributed by atoms with Gasteiger partial charge in [-0.1, -0.05) is 12.1 Å². The summed E-state index contributed by atoms with van der Waals surface area (Å²) >= 11 is 0. The van der Waals surface area contributed by atoms with Crippen LogP contribution in [0.2, 0.25) is 0 Å². The molecule has 2 aromatic rings. The number of para-hydroxylation sites is 2. The molecule has 146 valence electrons. The number of amides is 1. The third-order valence-electron chi connectivity index (χ3n) is 4.81. The van der Waals surface area contributed by atoms with Crippen molar-refractivity contribution in [1.29, 1.82) is 0 Å². The second-order valence-electron chi connectivity index (χ2n) is 6.71. The van der Waals surface area contributed by atoms with Crippen molar-refractivity contribution in [3.63, 3.8) is 0 Å². The van der Waals surface area contributed by atoms with E-state index in [-0.39, 0.29) is 12.5 Å². The second kappa shape index (κ2) is 8.96. The highest BCUT2D eigenvalue weighted by molar-refractivity contribution is 5.83. The molecule has 8 heteroatoms. The Morgan fingerprint density at radius 2 is 1.85 bits per heavy atom. The molecule has 1 aliphatic heterocycles. The van der Waals surface area contributed by atoms with E-state index in [0.717, 1.165) is 49.6 Å². The van der Waals surface area contributed by atoms with Crippen LogP contribution >= 0.6 is 0 Å². The molecular weight excluding hydrogens is 346 g/mol. The standard InChI is InChI=1S/C19H27N5O3/c1-3-27-19(26)12-20-18(25)14-24-10-8-23(9-11-24)13-17-21-15-6-4-5-7-16(15)22(17)2/h4-7H,3,8-14H2,1-2H3,(H,20,25). The van der Waals surface area contributed by atoms with Crippen molar-refractivity contribution in [3.8, 4) is 0 Å². The number of nitrogens with one attached hydrogen (secondary N) is 1. The molecule has 1 amide bonds. The molecule has 27 heavy (non-hydrogen) atoms. The Morgan fingerprint density at radius 1 is 1.15 bits per heavy atom. The van der Waals surface area contributed by atoms with Crippen molar-refractivity contribution < 1.29 is 14.3 Å². The first kappa shape index (κ1) is 19.3. The largest absolute Gasteiger partial charge is 0.465 e. The summed E-state index contributed by atoms with van der Waals surface area (Å²) in [6.07, 6.45) is 0. The van der Waals surface area contributed by atoms with E-state index in [2.05, 4.69) is 32.8 Å². The summed E-state index contributed by atoms with van der Waals surface area (Å²) in [6, 6.07) is 8.15. The number of rotatable bonds is 7. The van der Waals surface area contributed by atoms with Gasteiger partial charge < -0.3 is 14.6 Å². The molecule has 0 saturated carbocycles. The molecule has 1 fully saturated rings. The van der Waals surface area contributed by atoms with Crippen LogP contribution in [0.5, 0.6) is 0 Å². The number of piperazine rings is 1. The molecule has 0 unspecified atom stereocenters. The fourth-order valence-corrected chi connectivity index (χ4v) is 3.28. The molecule has 0 radical (unpaired) electrons. The minimum atomic E-state index is -0.405. The summed E-state index contributed by atoms with van der Waals surface area (Å²) in [4.78, 5) is 32.4. The van der Waals surface area contributed by atoms with E-state index in [0.29, 0.717) is 13.2 Å². The lowest BCUT2D eigenvalue weighted by atomic mass is 10.3. The van der Waals surface area contributed by atoms with Crippen molar-refractivity contribution >= 4 is 22.9 Å². The van der Waals surface area contributed by atoms with E-state index in [1.54, 1.807) is 6.92 Å². The van der Waals surface area contributed by atoms with Crippen LogP contribution in [-0.4, -0.2) is 77.1 Å². The molecule has 2 heterocycles. The first-order valence-corrected chi connectivity index (χ1v) is 9.34. The Morgan fingerprint density at radius 3 is 2.56 bits per heavy atom. The molecule has 0 aliphatic carbocycles. The predicted molar refractivity (Wildman–Crippen MR) is 102 cm³/mol. The molecule has 1 aromatic heterocycles. The van der Waals surface area contributed by atoms with Gasteiger partial charge in [0.1, 0.15) is 12.4 Å². The van der Waals surface area contributed by atoms with E-state index >= 15 is 0 Å². The number of nitrogens with zero attached hydrogens (tertiary/aromatic N) is 4. The number of hydrogen-bond donors (Lipinski definition) is 1. The zero-order chi connectivity index (χ0) is 19.2. The Balaban J connectivity index is 1.44. The first-order valence-electron chi connectivity index (χ1n) is 9.34. The number of carbonyl (C=O) groups is 2. The van der Waals surface area contributed by atoms with Gasteiger partial charge in [-0.05, 0) is 19.1 Å². The zero-order valence-corrected chi connectivity index (χ0v) is 16.0. The second-order valence-corrected chi connectivity index (χ2v) is 6.71. The molecular formula is C19H27N5O3.